The van der Waals surface area contributed by atoms with Gasteiger partial charge in [0, 0.05) is 25.7 Å². The van der Waals surface area contributed by atoms with E-state index in [4.69, 9.17) is 11.6 Å². The topological polar surface area (TPSA) is 21.1 Å². The van der Waals surface area contributed by atoms with Crippen molar-refractivity contribution in [3.05, 3.63) is 11.3 Å². The molecule has 1 aromatic rings. The molecule has 1 fully saturated rings. The van der Waals surface area contributed by atoms with Crippen LogP contribution in [-0.4, -0.2) is 22.9 Å². The largest absolute Gasteiger partial charge is 0.357 e. The van der Waals surface area contributed by atoms with E-state index in [2.05, 4.69) is 16.9 Å². The van der Waals surface area contributed by atoms with Gasteiger partial charge in [-0.1, -0.05) is 13.3 Å². The Bertz CT molecular complexity index is 400. The average molecular weight is 270 g/mol. The van der Waals surface area contributed by atoms with E-state index >= 15 is 0 Å². The summed E-state index contributed by atoms with van der Waals surface area (Å²) in [4.78, 5) is 2.48. The first-order valence-electron chi connectivity index (χ1n) is 7.00. The zero-order chi connectivity index (χ0) is 13.1. The Hall–Kier alpha value is -0.700. The monoisotopic (exact) mass is 269 g/mol. The Morgan fingerprint density at radius 2 is 2.11 bits per heavy atom. The molecule has 102 valence electrons. The fourth-order valence-electron chi connectivity index (χ4n) is 3.03. The molecule has 0 spiro atoms. The highest BCUT2D eigenvalue weighted by molar-refractivity contribution is 6.17. The van der Waals surface area contributed by atoms with Crippen molar-refractivity contribution in [1.82, 2.24) is 9.78 Å². The third-order valence-electron chi connectivity index (χ3n) is 4.17. The zero-order valence-electron chi connectivity index (χ0n) is 11.7. The van der Waals surface area contributed by atoms with Gasteiger partial charge in [-0.2, -0.15) is 5.10 Å². The highest BCUT2D eigenvalue weighted by Gasteiger charge is 2.22. The maximum atomic E-state index is 6.09. The van der Waals surface area contributed by atoms with Crippen LogP contribution in [-0.2, 0) is 12.9 Å². The third kappa shape index (κ3) is 2.66. The van der Waals surface area contributed by atoms with Crippen molar-refractivity contribution >= 4 is 17.4 Å². The molecule has 0 aromatic carbocycles. The SMILES string of the molecule is CCC1CCCN(c2c(CCl)c(C)nn2C)CC1. The molecule has 2 heterocycles. The number of aromatic nitrogens is 2. The molecule has 0 radical (unpaired) electrons. The van der Waals surface area contributed by atoms with Crippen LogP contribution < -0.4 is 4.90 Å². The summed E-state index contributed by atoms with van der Waals surface area (Å²) in [7, 11) is 2.03. The van der Waals surface area contributed by atoms with Crippen LogP contribution in [0.25, 0.3) is 0 Å². The number of hydrogen-bond donors (Lipinski definition) is 0. The second-order valence-electron chi connectivity index (χ2n) is 5.34. The van der Waals surface area contributed by atoms with Crippen molar-refractivity contribution in [2.75, 3.05) is 18.0 Å². The molecule has 0 saturated carbocycles. The van der Waals surface area contributed by atoms with Gasteiger partial charge in [-0.05, 0) is 32.1 Å². The van der Waals surface area contributed by atoms with Gasteiger partial charge in [0.2, 0.25) is 0 Å². The maximum absolute atomic E-state index is 6.09. The van der Waals surface area contributed by atoms with Crippen LogP contribution in [0, 0.1) is 12.8 Å². The Morgan fingerprint density at radius 3 is 2.78 bits per heavy atom. The van der Waals surface area contributed by atoms with E-state index in [9.17, 15) is 0 Å². The molecule has 2 rings (SSSR count). The normalized spacial score (nSPS) is 21.1. The van der Waals surface area contributed by atoms with Gasteiger partial charge >= 0.3 is 0 Å². The summed E-state index contributed by atoms with van der Waals surface area (Å²) in [5.41, 5.74) is 2.27. The molecule has 1 aromatic heterocycles. The zero-order valence-corrected chi connectivity index (χ0v) is 12.5. The number of rotatable bonds is 3. The lowest BCUT2D eigenvalue weighted by atomic mass is 9.98. The van der Waals surface area contributed by atoms with Gasteiger partial charge in [-0.25, -0.2) is 0 Å². The minimum absolute atomic E-state index is 0.558. The molecule has 4 heteroatoms. The van der Waals surface area contributed by atoms with E-state index in [0.29, 0.717) is 5.88 Å². The minimum atomic E-state index is 0.558. The molecule has 0 aliphatic carbocycles. The molecule has 1 aliphatic heterocycles. The first kappa shape index (κ1) is 13.7. The molecule has 1 unspecified atom stereocenters. The summed E-state index contributed by atoms with van der Waals surface area (Å²) in [5.74, 6) is 2.69. The molecular formula is C14H24ClN3. The van der Waals surface area contributed by atoms with Gasteiger partial charge in [-0.15, -0.1) is 11.6 Å². The number of alkyl halides is 1. The molecule has 0 N–H and O–H groups in total. The van der Waals surface area contributed by atoms with E-state index in [1.807, 2.05) is 18.7 Å². The van der Waals surface area contributed by atoms with Crippen LogP contribution in [0.2, 0.25) is 0 Å². The standard InChI is InChI=1S/C14H24ClN3/c1-4-12-6-5-8-18(9-7-12)14-13(10-15)11(2)16-17(14)3/h12H,4-10H2,1-3H3. The van der Waals surface area contributed by atoms with Crippen molar-refractivity contribution < 1.29 is 0 Å². The maximum Gasteiger partial charge on any atom is 0.131 e. The van der Waals surface area contributed by atoms with Crippen molar-refractivity contribution in [3.8, 4) is 0 Å². The van der Waals surface area contributed by atoms with Crippen LogP contribution in [0.4, 0.5) is 5.82 Å². The third-order valence-corrected chi connectivity index (χ3v) is 4.44. The molecule has 1 aliphatic rings. The van der Waals surface area contributed by atoms with Crippen LogP contribution in [0.3, 0.4) is 0 Å². The summed E-state index contributed by atoms with van der Waals surface area (Å²) >= 11 is 6.09. The van der Waals surface area contributed by atoms with E-state index in [-0.39, 0.29) is 0 Å². The summed E-state index contributed by atoms with van der Waals surface area (Å²) in [6.45, 7) is 6.63. The number of nitrogens with zero attached hydrogens (tertiary/aromatic N) is 3. The lowest BCUT2D eigenvalue weighted by molar-refractivity contribution is 0.459. The molecule has 0 amide bonds. The lowest BCUT2D eigenvalue weighted by Gasteiger charge is -2.24. The Morgan fingerprint density at radius 1 is 1.33 bits per heavy atom. The molecule has 0 bridgehead atoms. The fraction of sp³-hybridized carbons (Fsp3) is 0.786. The highest BCUT2D eigenvalue weighted by Crippen LogP contribution is 2.29. The lowest BCUT2D eigenvalue weighted by Crippen LogP contribution is -2.27. The Balaban J connectivity index is 2.20. The van der Waals surface area contributed by atoms with E-state index in [1.54, 1.807) is 0 Å². The van der Waals surface area contributed by atoms with E-state index < -0.39 is 0 Å². The number of anilines is 1. The molecule has 1 saturated heterocycles. The molecule has 3 nitrogen and oxygen atoms in total. The summed E-state index contributed by atoms with van der Waals surface area (Å²) in [6.07, 6.45) is 5.24. The fourth-order valence-corrected chi connectivity index (χ4v) is 3.34. The highest BCUT2D eigenvalue weighted by atomic mass is 35.5. The Labute approximate surface area is 115 Å². The van der Waals surface area contributed by atoms with Crippen LogP contribution in [0.5, 0.6) is 0 Å². The predicted molar refractivity (Wildman–Crippen MR) is 77.3 cm³/mol. The average Bonchev–Trinajstić information content (AvgIpc) is 2.55. The quantitative estimate of drug-likeness (QED) is 0.784. The van der Waals surface area contributed by atoms with Gasteiger partial charge in [0.25, 0.3) is 0 Å². The number of halogens is 1. The Kier molecular flexibility index (Phi) is 4.55. The second kappa shape index (κ2) is 5.96. The van der Waals surface area contributed by atoms with Gasteiger partial charge in [-0.3, -0.25) is 4.68 Å². The summed E-state index contributed by atoms with van der Waals surface area (Å²) in [6, 6.07) is 0. The van der Waals surface area contributed by atoms with Crippen molar-refractivity contribution in [2.24, 2.45) is 13.0 Å². The number of aryl methyl sites for hydroxylation is 2. The van der Waals surface area contributed by atoms with Crippen LogP contribution in [0.15, 0.2) is 0 Å². The second-order valence-corrected chi connectivity index (χ2v) is 5.60. The van der Waals surface area contributed by atoms with Crippen molar-refractivity contribution in [1.29, 1.82) is 0 Å². The minimum Gasteiger partial charge on any atom is -0.357 e. The van der Waals surface area contributed by atoms with Gasteiger partial charge in [0.15, 0.2) is 0 Å². The van der Waals surface area contributed by atoms with E-state index in [1.165, 1.54) is 37.1 Å². The number of hydrogen-bond acceptors (Lipinski definition) is 2. The predicted octanol–water partition coefficient (Wildman–Crippen LogP) is 3.48. The summed E-state index contributed by atoms with van der Waals surface area (Å²) in [5, 5.41) is 4.52. The van der Waals surface area contributed by atoms with Crippen molar-refractivity contribution in [2.45, 2.75) is 45.4 Å². The van der Waals surface area contributed by atoms with E-state index in [0.717, 1.165) is 24.7 Å². The molecular weight excluding hydrogens is 246 g/mol. The first-order valence-corrected chi connectivity index (χ1v) is 7.54. The van der Waals surface area contributed by atoms with Gasteiger partial charge in [0.05, 0.1) is 11.6 Å². The van der Waals surface area contributed by atoms with Gasteiger partial charge < -0.3 is 4.90 Å². The smallest absolute Gasteiger partial charge is 0.131 e. The van der Waals surface area contributed by atoms with Gasteiger partial charge in [0.1, 0.15) is 5.82 Å². The van der Waals surface area contributed by atoms with Crippen LogP contribution >= 0.6 is 11.6 Å². The summed E-state index contributed by atoms with van der Waals surface area (Å²) < 4.78 is 2.00. The molecule has 1 atom stereocenters. The van der Waals surface area contributed by atoms with Crippen LogP contribution in [0.1, 0.15) is 43.9 Å². The first-order chi connectivity index (χ1) is 8.67. The van der Waals surface area contributed by atoms with Crippen molar-refractivity contribution in [3.63, 3.8) is 0 Å². The molecule has 18 heavy (non-hydrogen) atoms.